The number of imide groups is 1. The molecule has 0 saturated carbocycles. The zero-order valence-corrected chi connectivity index (χ0v) is 12.6. The van der Waals surface area contributed by atoms with Crippen LogP contribution in [0.15, 0.2) is 0 Å². The monoisotopic (exact) mass is 300 g/mol. The standard InChI is InChI=1S/C14H24N2O5/c1-10(8-13(18)19)7-12(17)15-14(20)16(2)9-11-5-3-4-6-21-11/h10-11H,3-9H2,1-2H3,(H,18,19)(H,15,17,20). The van der Waals surface area contributed by atoms with Gasteiger partial charge in [0.15, 0.2) is 0 Å². The summed E-state index contributed by atoms with van der Waals surface area (Å²) in [4.78, 5) is 35.5. The maximum absolute atomic E-state index is 11.9. The first-order valence-corrected chi connectivity index (χ1v) is 7.26. The Balaban J connectivity index is 2.30. The minimum Gasteiger partial charge on any atom is -0.481 e. The largest absolute Gasteiger partial charge is 0.481 e. The second kappa shape index (κ2) is 8.61. The lowest BCUT2D eigenvalue weighted by molar-refractivity contribution is -0.138. The van der Waals surface area contributed by atoms with Gasteiger partial charge < -0.3 is 14.7 Å². The van der Waals surface area contributed by atoms with Crippen molar-refractivity contribution in [1.29, 1.82) is 0 Å². The molecule has 120 valence electrons. The van der Waals surface area contributed by atoms with Crippen molar-refractivity contribution < 1.29 is 24.2 Å². The minimum atomic E-state index is -0.951. The number of aliphatic carboxylic acids is 1. The van der Waals surface area contributed by atoms with Crippen LogP contribution in [0.1, 0.15) is 39.0 Å². The van der Waals surface area contributed by atoms with Crippen molar-refractivity contribution in [3.63, 3.8) is 0 Å². The first kappa shape index (κ1) is 17.4. The number of rotatable bonds is 6. The summed E-state index contributed by atoms with van der Waals surface area (Å²) in [7, 11) is 1.61. The third-order valence-corrected chi connectivity index (χ3v) is 3.40. The number of urea groups is 1. The van der Waals surface area contributed by atoms with E-state index in [4.69, 9.17) is 9.84 Å². The molecular weight excluding hydrogens is 276 g/mol. The number of carbonyl (C=O) groups is 3. The average Bonchev–Trinajstić information content (AvgIpc) is 2.38. The number of carboxylic acid groups (broad SMARTS) is 1. The van der Waals surface area contributed by atoms with E-state index in [1.165, 1.54) is 4.90 Å². The number of ether oxygens (including phenoxy) is 1. The second-order valence-electron chi connectivity index (χ2n) is 5.63. The molecule has 2 unspecified atom stereocenters. The molecule has 3 amide bonds. The Morgan fingerprint density at radius 3 is 2.62 bits per heavy atom. The Bertz CT molecular complexity index is 380. The summed E-state index contributed by atoms with van der Waals surface area (Å²) in [5, 5.41) is 10.9. The van der Waals surface area contributed by atoms with Crippen molar-refractivity contribution in [1.82, 2.24) is 10.2 Å². The molecular formula is C14H24N2O5. The third-order valence-electron chi connectivity index (χ3n) is 3.40. The van der Waals surface area contributed by atoms with Crippen LogP contribution >= 0.6 is 0 Å². The highest BCUT2D eigenvalue weighted by atomic mass is 16.5. The van der Waals surface area contributed by atoms with Gasteiger partial charge in [0.2, 0.25) is 5.91 Å². The fourth-order valence-corrected chi connectivity index (χ4v) is 2.29. The number of hydrogen-bond acceptors (Lipinski definition) is 4. The first-order chi connectivity index (χ1) is 9.88. The number of likely N-dealkylation sites (N-methyl/N-ethyl adjacent to an activating group) is 1. The molecule has 7 heteroatoms. The maximum Gasteiger partial charge on any atom is 0.323 e. The lowest BCUT2D eigenvalue weighted by Gasteiger charge is -2.27. The summed E-state index contributed by atoms with van der Waals surface area (Å²) in [6.45, 7) is 2.83. The molecule has 7 nitrogen and oxygen atoms in total. The van der Waals surface area contributed by atoms with Crippen LogP contribution in [0.25, 0.3) is 0 Å². The van der Waals surface area contributed by atoms with Gasteiger partial charge in [-0.3, -0.25) is 14.9 Å². The maximum atomic E-state index is 11.9. The Morgan fingerprint density at radius 2 is 2.05 bits per heavy atom. The van der Waals surface area contributed by atoms with Gasteiger partial charge in [0.1, 0.15) is 0 Å². The predicted octanol–water partition coefficient (Wildman–Crippen LogP) is 1.22. The molecule has 0 aromatic rings. The molecule has 1 saturated heterocycles. The van der Waals surface area contributed by atoms with E-state index in [0.717, 1.165) is 19.3 Å². The number of nitrogens with zero attached hydrogens (tertiary/aromatic N) is 1. The zero-order valence-electron chi connectivity index (χ0n) is 12.6. The van der Waals surface area contributed by atoms with Crippen molar-refractivity contribution in [3.8, 4) is 0 Å². The second-order valence-corrected chi connectivity index (χ2v) is 5.63. The fourth-order valence-electron chi connectivity index (χ4n) is 2.29. The normalized spacial score (nSPS) is 19.6. The molecule has 0 spiro atoms. The lowest BCUT2D eigenvalue weighted by atomic mass is 10.0. The Morgan fingerprint density at radius 1 is 1.33 bits per heavy atom. The molecule has 0 aromatic carbocycles. The van der Waals surface area contributed by atoms with Gasteiger partial charge in [-0.25, -0.2) is 4.79 Å². The Hall–Kier alpha value is -1.63. The molecule has 1 heterocycles. The van der Waals surface area contributed by atoms with Gasteiger partial charge in [-0.15, -0.1) is 0 Å². The van der Waals surface area contributed by atoms with Crippen LogP contribution in [0, 0.1) is 5.92 Å². The summed E-state index contributed by atoms with van der Waals surface area (Å²) in [5.41, 5.74) is 0. The Labute approximate surface area is 124 Å². The Kier molecular flexibility index (Phi) is 7.14. The van der Waals surface area contributed by atoms with Gasteiger partial charge in [0.05, 0.1) is 6.10 Å². The molecule has 0 aliphatic carbocycles. The molecule has 0 radical (unpaired) electrons. The highest BCUT2D eigenvalue weighted by Crippen LogP contribution is 2.13. The van der Waals surface area contributed by atoms with Gasteiger partial charge in [-0.05, 0) is 25.2 Å². The van der Waals surface area contributed by atoms with Crippen LogP contribution in [0.5, 0.6) is 0 Å². The van der Waals surface area contributed by atoms with Gasteiger partial charge >= 0.3 is 12.0 Å². The molecule has 2 atom stereocenters. The highest BCUT2D eigenvalue weighted by molar-refractivity contribution is 5.94. The van der Waals surface area contributed by atoms with E-state index in [1.807, 2.05) is 0 Å². The minimum absolute atomic E-state index is 0.0197. The van der Waals surface area contributed by atoms with Crippen LogP contribution in [0.2, 0.25) is 0 Å². The number of nitrogens with one attached hydrogen (secondary N) is 1. The number of carboxylic acids is 1. The van der Waals surface area contributed by atoms with E-state index in [2.05, 4.69) is 5.32 Å². The number of carbonyl (C=O) groups excluding carboxylic acids is 2. The SMILES string of the molecule is CC(CC(=O)O)CC(=O)NC(=O)N(C)CC1CCCCO1. The molecule has 1 fully saturated rings. The van der Waals surface area contributed by atoms with Crippen LogP contribution in [0.4, 0.5) is 4.79 Å². The van der Waals surface area contributed by atoms with Gasteiger partial charge in [-0.1, -0.05) is 6.92 Å². The number of amides is 3. The average molecular weight is 300 g/mol. The van der Waals surface area contributed by atoms with E-state index in [-0.39, 0.29) is 24.9 Å². The van der Waals surface area contributed by atoms with Crippen LogP contribution in [0.3, 0.4) is 0 Å². The molecule has 2 N–H and O–H groups in total. The van der Waals surface area contributed by atoms with Crippen molar-refractivity contribution in [2.24, 2.45) is 5.92 Å². The summed E-state index contributed by atoms with van der Waals surface area (Å²) in [6.07, 6.45) is 3.01. The molecule has 1 rings (SSSR count). The third kappa shape index (κ3) is 7.08. The van der Waals surface area contributed by atoms with Gasteiger partial charge in [-0.2, -0.15) is 0 Å². The number of hydrogen-bond donors (Lipinski definition) is 2. The smallest absolute Gasteiger partial charge is 0.323 e. The van der Waals surface area contributed by atoms with E-state index in [9.17, 15) is 14.4 Å². The molecule has 0 aromatic heterocycles. The first-order valence-electron chi connectivity index (χ1n) is 7.26. The van der Waals surface area contributed by atoms with Crippen molar-refractivity contribution >= 4 is 17.9 Å². The molecule has 21 heavy (non-hydrogen) atoms. The molecule has 0 bridgehead atoms. The molecule has 1 aliphatic rings. The van der Waals surface area contributed by atoms with Crippen LogP contribution in [-0.4, -0.2) is 54.2 Å². The van der Waals surface area contributed by atoms with Crippen LogP contribution < -0.4 is 5.32 Å². The topological polar surface area (TPSA) is 95.9 Å². The zero-order chi connectivity index (χ0) is 15.8. The lowest BCUT2D eigenvalue weighted by Crippen LogP contribution is -2.45. The summed E-state index contributed by atoms with van der Waals surface area (Å²) < 4.78 is 5.54. The molecule has 1 aliphatic heterocycles. The van der Waals surface area contributed by atoms with E-state index in [0.29, 0.717) is 13.2 Å². The van der Waals surface area contributed by atoms with Crippen LogP contribution in [-0.2, 0) is 14.3 Å². The van der Waals surface area contributed by atoms with E-state index < -0.39 is 17.9 Å². The quantitative estimate of drug-likeness (QED) is 0.769. The van der Waals surface area contributed by atoms with Crippen molar-refractivity contribution in [2.75, 3.05) is 20.2 Å². The van der Waals surface area contributed by atoms with Gasteiger partial charge in [0.25, 0.3) is 0 Å². The fraction of sp³-hybridized carbons (Fsp3) is 0.786. The summed E-state index contributed by atoms with van der Waals surface area (Å²) in [6, 6.07) is -0.475. The van der Waals surface area contributed by atoms with E-state index in [1.54, 1.807) is 14.0 Å². The summed E-state index contributed by atoms with van der Waals surface area (Å²) >= 11 is 0. The van der Waals surface area contributed by atoms with E-state index >= 15 is 0 Å². The van der Waals surface area contributed by atoms with Crippen molar-refractivity contribution in [2.45, 2.75) is 45.1 Å². The summed E-state index contributed by atoms with van der Waals surface area (Å²) in [5.74, 6) is -1.71. The van der Waals surface area contributed by atoms with Crippen molar-refractivity contribution in [3.05, 3.63) is 0 Å². The predicted molar refractivity (Wildman–Crippen MR) is 75.8 cm³/mol. The highest BCUT2D eigenvalue weighted by Gasteiger charge is 2.21. The van der Waals surface area contributed by atoms with Gasteiger partial charge in [0, 0.05) is 33.0 Å².